The van der Waals surface area contributed by atoms with Crippen molar-refractivity contribution in [1.29, 1.82) is 0 Å². The average Bonchev–Trinajstić information content (AvgIpc) is 3.03. The van der Waals surface area contributed by atoms with E-state index in [1.54, 1.807) is 0 Å². The van der Waals surface area contributed by atoms with E-state index in [9.17, 15) is 0 Å². The van der Waals surface area contributed by atoms with Gasteiger partial charge in [0, 0.05) is 6.54 Å². The fourth-order valence-corrected chi connectivity index (χ4v) is 3.14. The van der Waals surface area contributed by atoms with Gasteiger partial charge in [0.05, 0.1) is 0 Å². The number of hydrogen-bond acceptors (Lipinski definition) is 2. The normalized spacial score (nSPS) is 33.4. The Morgan fingerprint density at radius 2 is 1.81 bits per heavy atom. The van der Waals surface area contributed by atoms with E-state index in [4.69, 9.17) is 5.73 Å². The zero-order valence-corrected chi connectivity index (χ0v) is 10.8. The molecule has 2 unspecified atom stereocenters. The fraction of sp³-hybridized carbons (Fsp3) is 1.00. The van der Waals surface area contributed by atoms with Gasteiger partial charge in [-0.15, -0.1) is 0 Å². The van der Waals surface area contributed by atoms with E-state index < -0.39 is 0 Å². The summed E-state index contributed by atoms with van der Waals surface area (Å²) in [5, 5.41) is 3.69. The fourth-order valence-electron chi connectivity index (χ4n) is 3.14. The summed E-state index contributed by atoms with van der Waals surface area (Å²) in [7, 11) is 0. The molecule has 0 spiro atoms. The van der Waals surface area contributed by atoms with Crippen LogP contribution in [0.5, 0.6) is 0 Å². The maximum atomic E-state index is 6.03. The van der Waals surface area contributed by atoms with E-state index in [-0.39, 0.29) is 0 Å². The SMILES string of the molecule is CC1CC1CNCC1(CN)CCCCCC1. The third-order valence-electron chi connectivity index (χ3n) is 4.78. The van der Waals surface area contributed by atoms with Crippen LogP contribution in [0.25, 0.3) is 0 Å². The quantitative estimate of drug-likeness (QED) is 0.704. The molecular formula is C14H28N2. The number of nitrogens with one attached hydrogen (secondary N) is 1. The van der Waals surface area contributed by atoms with Gasteiger partial charge in [-0.1, -0.05) is 32.6 Å². The molecule has 0 radical (unpaired) electrons. The van der Waals surface area contributed by atoms with E-state index in [2.05, 4.69) is 12.2 Å². The number of nitrogens with two attached hydrogens (primary N) is 1. The van der Waals surface area contributed by atoms with Crippen LogP contribution in [-0.2, 0) is 0 Å². The average molecular weight is 224 g/mol. The van der Waals surface area contributed by atoms with Crippen molar-refractivity contribution in [2.75, 3.05) is 19.6 Å². The molecule has 2 aliphatic carbocycles. The first-order valence-corrected chi connectivity index (χ1v) is 7.16. The van der Waals surface area contributed by atoms with Gasteiger partial charge in [-0.3, -0.25) is 0 Å². The minimum absolute atomic E-state index is 0.425. The molecule has 2 fully saturated rings. The van der Waals surface area contributed by atoms with Crippen LogP contribution < -0.4 is 11.1 Å². The van der Waals surface area contributed by atoms with Gasteiger partial charge in [0.2, 0.25) is 0 Å². The number of hydrogen-bond donors (Lipinski definition) is 2. The highest BCUT2D eigenvalue weighted by Gasteiger charge is 2.33. The molecule has 0 saturated heterocycles. The van der Waals surface area contributed by atoms with Crippen LogP contribution >= 0.6 is 0 Å². The van der Waals surface area contributed by atoms with Gasteiger partial charge in [0.25, 0.3) is 0 Å². The Balaban J connectivity index is 1.73. The Morgan fingerprint density at radius 3 is 2.31 bits per heavy atom. The summed E-state index contributed by atoms with van der Waals surface area (Å²) in [5.41, 5.74) is 6.45. The van der Waals surface area contributed by atoms with E-state index in [1.807, 2.05) is 0 Å². The Morgan fingerprint density at radius 1 is 1.19 bits per heavy atom. The molecule has 0 bridgehead atoms. The van der Waals surface area contributed by atoms with Crippen molar-refractivity contribution in [3.05, 3.63) is 0 Å². The van der Waals surface area contributed by atoms with Crippen LogP contribution in [0.15, 0.2) is 0 Å². The second-order valence-corrected chi connectivity index (χ2v) is 6.22. The van der Waals surface area contributed by atoms with Gasteiger partial charge in [0.1, 0.15) is 0 Å². The highest BCUT2D eigenvalue weighted by atomic mass is 14.9. The van der Waals surface area contributed by atoms with Gasteiger partial charge >= 0.3 is 0 Å². The molecule has 0 aliphatic heterocycles. The largest absolute Gasteiger partial charge is 0.330 e. The Hall–Kier alpha value is -0.0800. The van der Waals surface area contributed by atoms with Crippen molar-refractivity contribution in [3.8, 4) is 0 Å². The van der Waals surface area contributed by atoms with E-state index in [0.29, 0.717) is 5.41 Å². The smallest absolute Gasteiger partial charge is 0.00200 e. The maximum absolute atomic E-state index is 6.03. The first kappa shape index (κ1) is 12.4. The molecule has 2 atom stereocenters. The van der Waals surface area contributed by atoms with E-state index in [1.165, 1.54) is 51.5 Å². The van der Waals surface area contributed by atoms with Crippen molar-refractivity contribution >= 4 is 0 Å². The van der Waals surface area contributed by atoms with Crippen LogP contribution in [0.2, 0.25) is 0 Å². The Bertz CT molecular complexity index is 207. The van der Waals surface area contributed by atoms with Gasteiger partial charge < -0.3 is 11.1 Å². The minimum atomic E-state index is 0.425. The van der Waals surface area contributed by atoms with Crippen molar-refractivity contribution in [2.45, 2.75) is 51.9 Å². The van der Waals surface area contributed by atoms with Gasteiger partial charge in [-0.05, 0) is 49.6 Å². The van der Waals surface area contributed by atoms with Crippen LogP contribution in [0.4, 0.5) is 0 Å². The summed E-state index contributed by atoms with van der Waals surface area (Å²) in [5.74, 6) is 1.93. The molecule has 2 saturated carbocycles. The highest BCUT2D eigenvalue weighted by molar-refractivity contribution is 4.88. The standard InChI is InChI=1S/C14H28N2/c1-12-8-13(12)9-16-11-14(10-15)6-4-2-3-5-7-14/h12-13,16H,2-11,15H2,1H3. The molecular weight excluding hydrogens is 196 g/mol. The molecule has 2 aliphatic rings. The first-order chi connectivity index (χ1) is 7.76. The summed E-state index contributed by atoms with van der Waals surface area (Å²) in [4.78, 5) is 0. The molecule has 0 amide bonds. The lowest BCUT2D eigenvalue weighted by molar-refractivity contribution is 0.241. The Labute approximate surface area is 100 Å². The van der Waals surface area contributed by atoms with Crippen molar-refractivity contribution < 1.29 is 0 Å². The minimum Gasteiger partial charge on any atom is -0.330 e. The van der Waals surface area contributed by atoms with Crippen molar-refractivity contribution in [3.63, 3.8) is 0 Å². The molecule has 94 valence electrons. The zero-order chi connectivity index (χ0) is 11.4. The molecule has 0 heterocycles. The zero-order valence-electron chi connectivity index (χ0n) is 10.8. The third kappa shape index (κ3) is 3.21. The van der Waals surface area contributed by atoms with Gasteiger partial charge in [-0.2, -0.15) is 0 Å². The molecule has 2 heteroatoms. The maximum Gasteiger partial charge on any atom is 0.00200 e. The lowest BCUT2D eigenvalue weighted by Crippen LogP contribution is -2.40. The predicted molar refractivity (Wildman–Crippen MR) is 69.3 cm³/mol. The van der Waals surface area contributed by atoms with Crippen LogP contribution in [0, 0.1) is 17.3 Å². The predicted octanol–water partition coefficient (Wildman–Crippen LogP) is 2.53. The summed E-state index contributed by atoms with van der Waals surface area (Å²) < 4.78 is 0. The van der Waals surface area contributed by atoms with Gasteiger partial charge in [-0.25, -0.2) is 0 Å². The summed E-state index contributed by atoms with van der Waals surface area (Å²) in [6.45, 7) is 5.62. The van der Waals surface area contributed by atoms with E-state index >= 15 is 0 Å². The molecule has 0 aromatic carbocycles. The second kappa shape index (κ2) is 5.50. The molecule has 0 aromatic rings. The van der Waals surface area contributed by atoms with Crippen LogP contribution in [-0.4, -0.2) is 19.6 Å². The summed E-state index contributed by atoms with van der Waals surface area (Å²) in [6.07, 6.45) is 9.73. The van der Waals surface area contributed by atoms with Crippen molar-refractivity contribution in [2.24, 2.45) is 23.0 Å². The third-order valence-corrected chi connectivity index (χ3v) is 4.78. The summed E-state index contributed by atoms with van der Waals surface area (Å²) >= 11 is 0. The van der Waals surface area contributed by atoms with Crippen molar-refractivity contribution in [1.82, 2.24) is 5.32 Å². The van der Waals surface area contributed by atoms with Crippen LogP contribution in [0.3, 0.4) is 0 Å². The molecule has 3 N–H and O–H groups in total. The second-order valence-electron chi connectivity index (χ2n) is 6.22. The highest BCUT2D eigenvalue weighted by Crippen LogP contribution is 2.37. The number of rotatable bonds is 5. The molecule has 0 aromatic heterocycles. The van der Waals surface area contributed by atoms with E-state index in [0.717, 1.165) is 24.9 Å². The lowest BCUT2D eigenvalue weighted by atomic mass is 9.80. The lowest BCUT2D eigenvalue weighted by Gasteiger charge is -2.31. The monoisotopic (exact) mass is 224 g/mol. The summed E-state index contributed by atoms with van der Waals surface area (Å²) in [6, 6.07) is 0. The molecule has 2 nitrogen and oxygen atoms in total. The van der Waals surface area contributed by atoms with Gasteiger partial charge in [0.15, 0.2) is 0 Å². The molecule has 16 heavy (non-hydrogen) atoms. The Kier molecular flexibility index (Phi) is 4.26. The molecule has 2 rings (SSSR count). The first-order valence-electron chi connectivity index (χ1n) is 7.16. The topological polar surface area (TPSA) is 38.0 Å². The van der Waals surface area contributed by atoms with Crippen LogP contribution in [0.1, 0.15) is 51.9 Å².